The first-order chi connectivity index (χ1) is 37.8. The van der Waals surface area contributed by atoms with Gasteiger partial charge in [0.1, 0.15) is 11.2 Å². The number of nitrogens with zero attached hydrogens (tertiary/aromatic N) is 2. The maximum Gasteiger partial charge on any atom is 0.338 e. The summed E-state index contributed by atoms with van der Waals surface area (Å²) in [6, 6.07) is 0. The molecule has 5 N–H and O–H groups in total. The van der Waals surface area contributed by atoms with Crippen molar-refractivity contribution < 1.29 is 71.1 Å². The summed E-state index contributed by atoms with van der Waals surface area (Å²) in [5, 5.41) is 43.7. The number of ketones is 2. The molecule has 8 aliphatic carbocycles. The highest BCUT2D eigenvalue weighted by Crippen LogP contribution is 2.78. The van der Waals surface area contributed by atoms with Crippen molar-refractivity contribution in [1.29, 1.82) is 0 Å². The summed E-state index contributed by atoms with van der Waals surface area (Å²) in [6.45, 7) is 28.3. The molecule has 21 heteroatoms. The first-order valence-corrected chi connectivity index (χ1v) is 35.4. The van der Waals surface area contributed by atoms with E-state index in [9.17, 15) is 39.3 Å². The van der Waals surface area contributed by atoms with Crippen molar-refractivity contribution in [2.75, 3.05) is 20.3 Å². The number of aliphatic hydroxyl groups is 3. The lowest BCUT2D eigenvalue weighted by molar-refractivity contribution is -0.179. The molecule has 17 nitrogen and oxygen atoms in total. The molecule has 0 radical (unpaired) electrons. The molecule has 10 rings (SSSR count). The lowest BCUT2D eigenvalue weighted by atomic mass is 9.48. The van der Waals surface area contributed by atoms with Gasteiger partial charge in [-0.1, -0.05) is 78.7 Å². The molecule has 452 valence electrons. The zero-order valence-electron chi connectivity index (χ0n) is 50.6. The third kappa shape index (κ3) is 8.39. The van der Waals surface area contributed by atoms with Crippen LogP contribution in [0.25, 0.3) is 0 Å². The first-order valence-electron chi connectivity index (χ1n) is 29.6. The van der Waals surface area contributed by atoms with E-state index in [0.717, 1.165) is 7.11 Å². The van der Waals surface area contributed by atoms with Crippen LogP contribution in [-0.2, 0) is 47.0 Å². The third-order valence-corrected chi connectivity index (χ3v) is 32.5. The quantitative estimate of drug-likeness (QED) is 0.0454. The molecular weight excluding hydrogens is 1090 g/mol. The number of halogens is 2. The maximum absolute atomic E-state index is 18.2. The highest BCUT2D eigenvalue weighted by atomic mass is 28.4. The number of fused-ring (bicyclic) bond motifs is 8. The number of methoxy groups -OCH3 is 1. The van der Waals surface area contributed by atoms with Crippen LogP contribution in [0.2, 0.25) is 36.3 Å². The van der Waals surface area contributed by atoms with Crippen LogP contribution in [0.1, 0.15) is 133 Å². The lowest BCUT2D eigenvalue weighted by Crippen LogP contribution is -2.66. The van der Waals surface area contributed by atoms with Crippen LogP contribution in [0.3, 0.4) is 0 Å². The van der Waals surface area contributed by atoms with Gasteiger partial charge < -0.3 is 38.4 Å². The van der Waals surface area contributed by atoms with E-state index in [1.54, 1.807) is 50.3 Å². The summed E-state index contributed by atoms with van der Waals surface area (Å²) in [6.07, 6.45) is 7.63. The molecule has 0 bridgehead atoms. The van der Waals surface area contributed by atoms with Gasteiger partial charge in [-0.15, -0.1) is 0 Å². The number of allylic oxidation sites excluding steroid dienone is 8. The number of Topliss-reactive ketones (excluding diaryl/α,β-unsaturated/α-hetero) is 2. The topological polar surface area (TPSA) is 248 Å². The molecule has 82 heavy (non-hydrogen) atoms. The van der Waals surface area contributed by atoms with Gasteiger partial charge >= 0.3 is 5.97 Å². The largest absolute Gasteiger partial charge is 0.467 e. The number of hydrazone groups is 2. The molecule has 10 aliphatic rings. The number of esters is 1. The second-order valence-electron chi connectivity index (χ2n) is 29.6. The van der Waals surface area contributed by atoms with Crippen LogP contribution < -0.4 is 10.9 Å². The third-order valence-electron chi connectivity index (χ3n) is 23.5. The van der Waals surface area contributed by atoms with E-state index >= 15 is 8.78 Å². The summed E-state index contributed by atoms with van der Waals surface area (Å²) >= 11 is 0. The van der Waals surface area contributed by atoms with Gasteiger partial charge in [0.25, 0.3) is 0 Å². The number of alkyl halides is 2. The Morgan fingerprint density at radius 1 is 0.671 bits per heavy atom. The zero-order chi connectivity index (χ0) is 60.4. The van der Waals surface area contributed by atoms with Gasteiger partial charge in [0.15, 0.2) is 56.3 Å². The van der Waals surface area contributed by atoms with Crippen molar-refractivity contribution in [3.05, 3.63) is 47.6 Å². The summed E-state index contributed by atoms with van der Waals surface area (Å²) in [4.78, 5) is 68.1. The van der Waals surface area contributed by atoms with E-state index in [-0.39, 0.29) is 82.8 Å². The van der Waals surface area contributed by atoms with Gasteiger partial charge in [-0.25, -0.2) is 24.4 Å². The van der Waals surface area contributed by atoms with Crippen LogP contribution in [0.15, 0.2) is 57.8 Å². The fourth-order valence-corrected chi connectivity index (χ4v) is 18.7. The number of carbonyl (C=O) groups excluding carboxylic acids is 5. The highest BCUT2D eigenvalue weighted by molar-refractivity contribution is 6.74. The summed E-state index contributed by atoms with van der Waals surface area (Å²) < 4.78 is 66.9. The molecule has 0 aromatic carbocycles. The number of aliphatic hydroxyl groups excluding tert-OH is 2. The molecule has 0 aromatic rings. The second kappa shape index (κ2) is 19.3. The van der Waals surface area contributed by atoms with Crippen LogP contribution in [0.4, 0.5) is 8.78 Å². The average molecular weight is 1180 g/mol. The smallest absolute Gasteiger partial charge is 0.338 e. The molecule has 2 spiro atoms. The lowest BCUT2D eigenvalue weighted by Gasteiger charge is -2.59. The van der Waals surface area contributed by atoms with Crippen molar-refractivity contribution >= 4 is 57.4 Å². The van der Waals surface area contributed by atoms with Crippen molar-refractivity contribution in [1.82, 2.24) is 10.9 Å². The van der Waals surface area contributed by atoms with Gasteiger partial charge in [0, 0.05) is 35.5 Å². The average Bonchev–Trinajstić information content (AvgIpc) is 1.57. The molecule has 8 fully saturated rings. The van der Waals surface area contributed by atoms with Crippen molar-refractivity contribution in [3.8, 4) is 0 Å². The molecule has 2 saturated heterocycles. The van der Waals surface area contributed by atoms with Gasteiger partial charge in [0.05, 0.1) is 56.8 Å². The fourth-order valence-electron chi connectivity index (χ4n) is 16.8. The fraction of sp³-hybridized carbons (Fsp3) is 0.754. The van der Waals surface area contributed by atoms with E-state index in [4.69, 9.17) is 23.1 Å². The Balaban J connectivity index is 0.761. The second-order valence-corrected chi connectivity index (χ2v) is 39.2. The molecule has 6 saturated carbocycles. The minimum Gasteiger partial charge on any atom is -0.467 e. The Morgan fingerprint density at radius 2 is 1.04 bits per heavy atom. The number of carbonyl (C=O) groups is 5. The van der Waals surface area contributed by atoms with Gasteiger partial charge in [-0.3, -0.25) is 19.2 Å². The normalized spacial score (nSPS) is 42.4. The standard InChI is InChI=1S/C61H88F2N4O13Si2/c1-34-24-42-40-18-16-36-26-38(20-22-53(36,9)58(40,62)44(68)28-56(42)60(34,79-56)46(70)32-77-81(12,13)51(3,4)5)64-66-48(72)30-55(75,50(74)76-11)31-49(73)67-65-39-21-23-54(10)37(27-39)17-19-41-43-25-35(2)61(47(71)33-78-82(14,15)52(6,7)8)57(43,80-61)29-45(69)59(41,54)63/h20-23,26-27,34-35,40-45,68-69,75H,16-19,24-25,28-33H2,1-15H3,(H,66,72)(H,67,73)/b64-38+,65-39+/t34-,35-,40+,41+,42+,43+,44+,45+,53+,54+,56-,57-,58+,59+,60+,61+/m1/s1. The number of amides is 2. The Bertz CT molecular complexity index is 2770. The van der Waals surface area contributed by atoms with Crippen LogP contribution >= 0.6 is 0 Å². The van der Waals surface area contributed by atoms with E-state index in [0.29, 0.717) is 49.7 Å². The predicted octanol–water partition coefficient (Wildman–Crippen LogP) is 7.90. The Kier molecular flexibility index (Phi) is 14.4. The number of hydrogen-bond acceptors (Lipinski definition) is 15. The minimum absolute atomic E-state index is 0.0373. The van der Waals surface area contributed by atoms with Crippen LogP contribution in [0, 0.1) is 46.3 Å². The first kappa shape index (κ1) is 61.2. The number of hydrogen-bond donors (Lipinski definition) is 5. The van der Waals surface area contributed by atoms with Gasteiger partial charge in [-0.2, -0.15) is 10.2 Å². The molecule has 0 unspecified atom stereocenters. The van der Waals surface area contributed by atoms with Crippen molar-refractivity contribution in [2.45, 2.75) is 221 Å². The van der Waals surface area contributed by atoms with Crippen LogP contribution in [-0.4, -0.2) is 145 Å². The number of nitrogens with one attached hydrogen (secondary N) is 2. The molecule has 0 aromatic heterocycles. The Hall–Kier alpha value is -3.94. The Morgan fingerprint density at radius 3 is 1.38 bits per heavy atom. The number of ether oxygens (including phenoxy) is 3. The van der Waals surface area contributed by atoms with Crippen LogP contribution in [0.5, 0.6) is 0 Å². The summed E-state index contributed by atoms with van der Waals surface area (Å²) in [7, 11) is -3.52. The number of rotatable bonds is 15. The maximum atomic E-state index is 18.2. The van der Waals surface area contributed by atoms with E-state index in [1.165, 1.54) is 0 Å². The predicted molar refractivity (Wildman–Crippen MR) is 306 cm³/mol. The molecule has 2 amide bonds. The zero-order valence-corrected chi connectivity index (χ0v) is 52.6. The number of epoxide rings is 2. The monoisotopic (exact) mass is 1180 g/mol. The minimum atomic E-state index is -2.66. The SMILES string of the molecule is COC(=O)C(O)(CC(=O)N/N=C1\C=C[C@@]2(C)C(=C1)CC[C@H]1[C@@H]3C[C@@H](C)[C@@]4(C(=O)CO[Si](C)(C)C(C)(C)C)O[C@]34C[C@H](O)[C@@]12F)CC(=O)N/N=C1\C=C[C@@]2(C)C(=C1)CC[C@H]1[C@@H]3C[C@@H](C)[C@@]4(C(=O)CO[Si](C)(C)C(C)(C)C)O[C@]34C[C@H](O)[C@@]12F. The molecule has 2 heterocycles. The molecule has 2 aliphatic heterocycles. The molecular formula is C61H88F2N4O13Si2. The Labute approximate surface area is 483 Å². The summed E-state index contributed by atoms with van der Waals surface area (Å²) in [5.74, 6) is -5.67. The van der Waals surface area contributed by atoms with Crippen molar-refractivity contribution in [2.24, 2.45) is 56.5 Å². The highest BCUT2D eigenvalue weighted by Gasteiger charge is 2.89. The molecule has 16 atom stereocenters. The van der Waals surface area contributed by atoms with Gasteiger partial charge in [0.2, 0.25) is 11.8 Å². The van der Waals surface area contributed by atoms with Crippen molar-refractivity contribution in [3.63, 3.8) is 0 Å². The van der Waals surface area contributed by atoms with E-state index in [1.807, 2.05) is 13.8 Å². The van der Waals surface area contributed by atoms with Gasteiger partial charge in [-0.05, 0) is 137 Å². The van der Waals surface area contributed by atoms with E-state index < -0.39 is 121 Å². The summed E-state index contributed by atoms with van der Waals surface area (Å²) in [5.41, 5.74) is -7.15. The van der Waals surface area contributed by atoms with E-state index in [2.05, 4.69) is 88.8 Å².